The highest BCUT2D eigenvalue weighted by atomic mass is 16.5. The number of imide groups is 1. The summed E-state index contributed by atoms with van der Waals surface area (Å²) < 4.78 is 5.75. The number of hydrogen-bond acceptors (Lipinski definition) is 4. The smallest absolute Gasteiger partial charge is 0.282 e. The standard InChI is InChI=1S/C29H30N2O3/c1-17(2)34-23-13-11-22(12-14-23)26-27(30-24-15-10-18(3)16-20(24)5)29(33)31(28(26)32)25-9-7-8-19(4)21(25)6/h7-17,30H,1-6H3. The summed E-state index contributed by atoms with van der Waals surface area (Å²) in [4.78, 5) is 28.8. The molecule has 4 rings (SSSR count). The first-order valence-corrected chi connectivity index (χ1v) is 11.5. The number of ether oxygens (including phenoxy) is 1. The zero-order valence-electron chi connectivity index (χ0n) is 20.5. The Labute approximate surface area is 201 Å². The largest absolute Gasteiger partial charge is 0.491 e. The van der Waals surface area contributed by atoms with Crippen LogP contribution in [0, 0.1) is 27.7 Å². The molecule has 0 saturated heterocycles. The van der Waals surface area contributed by atoms with E-state index in [0.717, 1.165) is 27.9 Å². The number of anilines is 2. The molecule has 2 amide bonds. The molecule has 0 bridgehead atoms. The van der Waals surface area contributed by atoms with E-state index in [9.17, 15) is 9.59 Å². The number of aryl methyl sites for hydroxylation is 3. The first-order valence-electron chi connectivity index (χ1n) is 11.5. The van der Waals surface area contributed by atoms with E-state index < -0.39 is 0 Å². The quantitative estimate of drug-likeness (QED) is 0.457. The van der Waals surface area contributed by atoms with E-state index in [1.54, 1.807) is 0 Å². The van der Waals surface area contributed by atoms with Gasteiger partial charge in [-0.2, -0.15) is 0 Å². The summed E-state index contributed by atoms with van der Waals surface area (Å²) in [6.07, 6.45) is 0.0429. The van der Waals surface area contributed by atoms with Crippen molar-refractivity contribution >= 4 is 28.8 Å². The van der Waals surface area contributed by atoms with Gasteiger partial charge in [-0.1, -0.05) is 42.0 Å². The molecule has 3 aromatic rings. The Morgan fingerprint density at radius 2 is 1.53 bits per heavy atom. The van der Waals surface area contributed by atoms with E-state index in [1.807, 2.05) is 102 Å². The summed E-state index contributed by atoms with van der Waals surface area (Å²) in [6.45, 7) is 11.8. The van der Waals surface area contributed by atoms with Gasteiger partial charge in [0.25, 0.3) is 11.8 Å². The van der Waals surface area contributed by atoms with Gasteiger partial charge in [0.2, 0.25) is 0 Å². The van der Waals surface area contributed by atoms with Crippen LogP contribution >= 0.6 is 0 Å². The van der Waals surface area contributed by atoms with Gasteiger partial charge in [-0.15, -0.1) is 0 Å². The number of hydrogen-bond donors (Lipinski definition) is 1. The summed E-state index contributed by atoms with van der Waals surface area (Å²) in [5.41, 5.74) is 6.72. The molecule has 174 valence electrons. The van der Waals surface area contributed by atoms with Gasteiger partial charge in [0.05, 0.1) is 17.4 Å². The zero-order chi connectivity index (χ0) is 24.6. The summed E-state index contributed by atoms with van der Waals surface area (Å²) in [6, 6.07) is 18.9. The molecule has 5 heteroatoms. The molecular weight excluding hydrogens is 424 g/mol. The number of amides is 2. The van der Waals surface area contributed by atoms with Crippen LogP contribution in [0.1, 0.15) is 41.7 Å². The Balaban J connectivity index is 1.83. The van der Waals surface area contributed by atoms with Gasteiger partial charge in [-0.3, -0.25) is 9.59 Å². The lowest BCUT2D eigenvalue weighted by Crippen LogP contribution is -2.33. The number of nitrogens with zero attached hydrogens (tertiary/aromatic N) is 1. The van der Waals surface area contributed by atoms with Crippen LogP contribution in [0.25, 0.3) is 5.57 Å². The Bertz CT molecular complexity index is 1300. The van der Waals surface area contributed by atoms with E-state index in [2.05, 4.69) is 5.32 Å². The third kappa shape index (κ3) is 4.34. The predicted octanol–water partition coefficient (Wildman–Crippen LogP) is 6.10. The second-order valence-electron chi connectivity index (χ2n) is 9.05. The Kier molecular flexibility index (Phi) is 6.29. The maximum Gasteiger partial charge on any atom is 0.282 e. The second kappa shape index (κ2) is 9.18. The fourth-order valence-corrected chi connectivity index (χ4v) is 4.17. The zero-order valence-corrected chi connectivity index (χ0v) is 20.5. The molecule has 0 radical (unpaired) electrons. The molecule has 34 heavy (non-hydrogen) atoms. The van der Waals surface area contributed by atoms with Crippen molar-refractivity contribution in [2.75, 3.05) is 10.2 Å². The van der Waals surface area contributed by atoms with Crippen molar-refractivity contribution in [1.29, 1.82) is 0 Å². The Morgan fingerprint density at radius 1 is 0.824 bits per heavy atom. The highest BCUT2D eigenvalue weighted by Gasteiger charge is 2.41. The number of carbonyl (C=O) groups is 2. The van der Waals surface area contributed by atoms with Crippen molar-refractivity contribution < 1.29 is 14.3 Å². The third-order valence-corrected chi connectivity index (χ3v) is 6.06. The van der Waals surface area contributed by atoms with Crippen LogP contribution in [0.4, 0.5) is 11.4 Å². The SMILES string of the molecule is Cc1ccc(NC2=C(c3ccc(OC(C)C)cc3)C(=O)N(c3cccc(C)c3C)C2=O)c(C)c1. The lowest BCUT2D eigenvalue weighted by molar-refractivity contribution is -0.120. The number of nitrogens with one attached hydrogen (secondary N) is 1. The summed E-state index contributed by atoms with van der Waals surface area (Å²) >= 11 is 0. The molecule has 3 aromatic carbocycles. The van der Waals surface area contributed by atoms with Crippen molar-refractivity contribution in [1.82, 2.24) is 0 Å². The first kappa shape index (κ1) is 23.3. The molecule has 0 aromatic heterocycles. The topological polar surface area (TPSA) is 58.6 Å². The molecule has 0 saturated carbocycles. The normalized spacial score (nSPS) is 13.8. The lowest BCUT2D eigenvalue weighted by Gasteiger charge is -2.19. The minimum Gasteiger partial charge on any atom is -0.491 e. The molecule has 0 fully saturated rings. The van der Waals surface area contributed by atoms with Gasteiger partial charge in [-0.05, 0) is 88.1 Å². The van der Waals surface area contributed by atoms with Crippen LogP contribution in [0.15, 0.2) is 66.4 Å². The minimum absolute atomic E-state index is 0.0429. The number of benzene rings is 3. The molecule has 1 heterocycles. The van der Waals surface area contributed by atoms with E-state index in [1.165, 1.54) is 4.90 Å². The van der Waals surface area contributed by atoms with Crippen molar-refractivity contribution in [2.24, 2.45) is 0 Å². The van der Waals surface area contributed by atoms with Gasteiger partial charge < -0.3 is 10.1 Å². The molecule has 0 spiro atoms. The summed E-state index contributed by atoms with van der Waals surface area (Å²) in [5.74, 6) is 0.00562. The fourth-order valence-electron chi connectivity index (χ4n) is 4.17. The molecule has 5 nitrogen and oxygen atoms in total. The average molecular weight is 455 g/mol. The molecular formula is C29H30N2O3. The van der Waals surface area contributed by atoms with Crippen LogP contribution in [0.3, 0.4) is 0 Å². The molecule has 1 aliphatic heterocycles. The van der Waals surface area contributed by atoms with E-state index in [4.69, 9.17) is 4.74 Å². The summed E-state index contributed by atoms with van der Waals surface area (Å²) in [7, 11) is 0. The third-order valence-electron chi connectivity index (χ3n) is 6.06. The minimum atomic E-state index is -0.365. The van der Waals surface area contributed by atoms with Crippen LogP contribution in [0.2, 0.25) is 0 Å². The van der Waals surface area contributed by atoms with E-state index >= 15 is 0 Å². The van der Waals surface area contributed by atoms with Gasteiger partial charge in [0.1, 0.15) is 11.4 Å². The van der Waals surface area contributed by atoms with Crippen LogP contribution < -0.4 is 15.0 Å². The maximum absolute atomic E-state index is 13.8. The average Bonchev–Trinajstić information content (AvgIpc) is 3.02. The van der Waals surface area contributed by atoms with Crippen LogP contribution in [-0.4, -0.2) is 17.9 Å². The van der Waals surface area contributed by atoms with E-state index in [-0.39, 0.29) is 23.6 Å². The van der Waals surface area contributed by atoms with Crippen molar-refractivity contribution in [3.05, 3.63) is 94.2 Å². The maximum atomic E-state index is 13.8. The van der Waals surface area contributed by atoms with Crippen molar-refractivity contribution in [2.45, 2.75) is 47.6 Å². The van der Waals surface area contributed by atoms with Crippen molar-refractivity contribution in [3.63, 3.8) is 0 Å². The highest BCUT2D eigenvalue weighted by molar-refractivity contribution is 6.46. The van der Waals surface area contributed by atoms with E-state index in [0.29, 0.717) is 22.6 Å². The number of carbonyl (C=O) groups excluding carboxylic acids is 2. The highest BCUT2D eigenvalue weighted by Crippen LogP contribution is 2.36. The van der Waals surface area contributed by atoms with Gasteiger partial charge in [-0.25, -0.2) is 4.90 Å². The van der Waals surface area contributed by atoms with Crippen molar-refractivity contribution in [3.8, 4) is 5.75 Å². The number of rotatable bonds is 6. The molecule has 0 aliphatic carbocycles. The van der Waals surface area contributed by atoms with Gasteiger partial charge in [0.15, 0.2) is 0 Å². The Hall–Kier alpha value is -3.86. The Morgan fingerprint density at radius 3 is 2.18 bits per heavy atom. The molecule has 0 atom stereocenters. The summed E-state index contributed by atoms with van der Waals surface area (Å²) in [5, 5.41) is 3.28. The second-order valence-corrected chi connectivity index (χ2v) is 9.05. The molecule has 1 aliphatic rings. The fraction of sp³-hybridized carbons (Fsp3) is 0.241. The van der Waals surface area contributed by atoms with Gasteiger partial charge in [0, 0.05) is 5.69 Å². The van der Waals surface area contributed by atoms with Crippen LogP contribution in [-0.2, 0) is 9.59 Å². The monoisotopic (exact) mass is 454 g/mol. The first-order chi connectivity index (χ1) is 16.2. The molecule has 0 unspecified atom stereocenters. The lowest BCUT2D eigenvalue weighted by atomic mass is 10.0. The predicted molar refractivity (Wildman–Crippen MR) is 137 cm³/mol. The van der Waals surface area contributed by atoms with Gasteiger partial charge >= 0.3 is 0 Å². The van der Waals surface area contributed by atoms with Crippen LogP contribution in [0.5, 0.6) is 5.75 Å². The molecule has 1 N–H and O–H groups in total.